The molecule has 1 aromatic carbocycles. The fraction of sp³-hybridized carbons (Fsp3) is 0.364. The lowest BCUT2D eigenvalue weighted by Crippen LogP contribution is -2.10. The molecular weight excluding hydrogens is 222 g/mol. The van der Waals surface area contributed by atoms with Crippen molar-refractivity contribution in [2.24, 2.45) is 11.0 Å². The number of hydrogen-bond acceptors (Lipinski definition) is 3. The standard InChI is InChI=1S/C11H11N3O3/c1-7(11(15)13-14-12)4-8-2-3-9-10(5-8)17-6-16-9/h2-3,5,7H,4,6H2,1H3. The molecule has 0 spiro atoms. The maximum atomic E-state index is 11.3. The van der Waals surface area contributed by atoms with Crippen LogP contribution >= 0.6 is 0 Å². The van der Waals surface area contributed by atoms with Gasteiger partial charge in [0, 0.05) is 10.8 Å². The summed E-state index contributed by atoms with van der Waals surface area (Å²) in [5.41, 5.74) is 9.13. The maximum absolute atomic E-state index is 11.3. The number of fused-ring (bicyclic) bond motifs is 1. The highest BCUT2D eigenvalue weighted by molar-refractivity contribution is 5.79. The van der Waals surface area contributed by atoms with Crippen LogP contribution in [-0.4, -0.2) is 12.7 Å². The molecule has 1 amide bonds. The molecule has 0 fully saturated rings. The van der Waals surface area contributed by atoms with Gasteiger partial charge in [-0.2, -0.15) is 0 Å². The van der Waals surface area contributed by atoms with Gasteiger partial charge >= 0.3 is 0 Å². The van der Waals surface area contributed by atoms with E-state index in [-0.39, 0.29) is 12.7 Å². The summed E-state index contributed by atoms with van der Waals surface area (Å²) in [5, 5.41) is 3.08. The second kappa shape index (κ2) is 4.76. The summed E-state index contributed by atoms with van der Waals surface area (Å²) in [7, 11) is 0. The van der Waals surface area contributed by atoms with Crippen molar-refractivity contribution in [1.82, 2.24) is 0 Å². The van der Waals surface area contributed by atoms with E-state index in [4.69, 9.17) is 15.0 Å². The number of azide groups is 1. The fourth-order valence-electron chi connectivity index (χ4n) is 1.65. The number of carbonyl (C=O) groups is 1. The molecular formula is C11H11N3O3. The second-order valence-electron chi connectivity index (χ2n) is 3.82. The zero-order valence-electron chi connectivity index (χ0n) is 9.29. The van der Waals surface area contributed by atoms with E-state index >= 15 is 0 Å². The van der Waals surface area contributed by atoms with Crippen molar-refractivity contribution < 1.29 is 14.3 Å². The average molecular weight is 233 g/mol. The Bertz CT molecular complexity index is 495. The number of amides is 1. The van der Waals surface area contributed by atoms with Crippen LogP contribution in [0.25, 0.3) is 10.4 Å². The molecule has 6 heteroatoms. The Kier molecular flexibility index (Phi) is 3.16. The molecule has 6 nitrogen and oxygen atoms in total. The minimum absolute atomic E-state index is 0.228. The molecule has 1 aromatic rings. The summed E-state index contributed by atoms with van der Waals surface area (Å²) in [6.07, 6.45) is 0.508. The molecule has 2 rings (SSSR count). The minimum Gasteiger partial charge on any atom is -0.454 e. The van der Waals surface area contributed by atoms with Gasteiger partial charge in [-0.05, 0) is 34.8 Å². The van der Waals surface area contributed by atoms with Gasteiger partial charge in [0.05, 0.1) is 0 Å². The molecule has 0 saturated carbocycles. The predicted octanol–water partition coefficient (Wildman–Crippen LogP) is 2.43. The van der Waals surface area contributed by atoms with Crippen LogP contribution in [0, 0.1) is 5.92 Å². The van der Waals surface area contributed by atoms with E-state index < -0.39 is 5.91 Å². The Morgan fingerprint density at radius 2 is 2.29 bits per heavy atom. The summed E-state index contributed by atoms with van der Waals surface area (Å²) in [5.74, 6) is 0.602. The molecule has 0 aliphatic carbocycles. The molecule has 0 bridgehead atoms. The number of benzene rings is 1. The van der Waals surface area contributed by atoms with Crippen LogP contribution in [-0.2, 0) is 11.2 Å². The van der Waals surface area contributed by atoms with E-state index in [9.17, 15) is 4.79 Å². The van der Waals surface area contributed by atoms with E-state index in [1.165, 1.54) is 0 Å². The molecule has 0 saturated heterocycles. The first-order valence-corrected chi connectivity index (χ1v) is 5.18. The quantitative estimate of drug-likeness (QED) is 0.456. The van der Waals surface area contributed by atoms with Crippen LogP contribution in [0.1, 0.15) is 12.5 Å². The third-order valence-corrected chi connectivity index (χ3v) is 2.54. The lowest BCUT2D eigenvalue weighted by Gasteiger charge is -2.07. The zero-order chi connectivity index (χ0) is 12.3. The van der Waals surface area contributed by atoms with Crippen molar-refractivity contribution in [3.63, 3.8) is 0 Å². The summed E-state index contributed by atoms with van der Waals surface area (Å²) in [4.78, 5) is 13.8. The smallest absolute Gasteiger partial charge is 0.231 e. The fourth-order valence-corrected chi connectivity index (χ4v) is 1.65. The summed E-state index contributed by atoms with van der Waals surface area (Å²) in [6, 6.07) is 5.51. The third-order valence-electron chi connectivity index (χ3n) is 2.54. The van der Waals surface area contributed by atoms with Crippen molar-refractivity contribution in [3.8, 4) is 11.5 Å². The molecule has 0 N–H and O–H groups in total. The van der Waals surface area contributed by atoms with Crippen molar-refractivity contribution in [3.05, 3.63) is 34.2 Å². The predicted molar refractivity (Wildman–Crippen MR) is 59.6 cm³/mol. The molecule has 0 aromatic heterocycles. The van der Waals surface area contributed by atoms with Gasteiger partial charge in [0.15, 0.2) is 11.5 Å². The zero-order valence-corrected chi connectivity index (χ0v) is 9.29. The molecule has 88 valence electrons. The van der Waals surface area contributed by atoms with E-state index in [1.54, 1.807) is 6.92 Å². The van der Waals surface area contributed by atoms with E-state index in [0.717, 1.165) is 5.56 Å². The van der Waals surface area contributed by atoms with Crippen LogP contribution < -0.4 is 9.47 Å². The first-order chi connectivity index (χ1) is 8.20. The van der Waals surface area contributed by atoms with Crippen molar-refractivity contribution in [2.75, 3.05) is 6.79 Å². The first kappa shape index (κ1) is 11.3. The number of rotatable bonds is 3. The van der Waals surface area contributed by atoms with Gasteiger partial charge in [-0.25, -0.2) is 0 Å². The molecule has 1 heterocycles. The van der Waals surface area contributed by atoms with Gasteiger partial charge in [-0.1, -0.05) is 13.0 Å². The molecule has 1 unspecified atom stereocenters. The first-order valence-electron chi connectivity index (χ1n) is 5.18. The Morgan fingerprint density at radius 3 is 3.06 bits per heavy atom. The molecule has 17 heavy (non-hydrogen) atoms. The topological polar surface area (TPSA) is 84.3 Å². The van der Waals surface area contributed by atoms with Crippen molar-refractivity contribution >= 4 is 5.91 Å². The highest BCUT2D eigenvalue weighted by Crippen LogP contribution is 2.33. The van der Waals surface area contributed by atoms with Crippen LogP contribution in [0.15, 0.2) is 23.3 Å². The molecule has 1 aliphatic rings. The Balaban J connectivity index is 2.09. The van der Waals surface area contributed by atoms with Crippen molar-refractivity contribution in [1.29, 1.82) is 0 Å². The number of hydrogen-bond donors (Lipinski definition) is 0. The lowest BCUT2D eigenvalue weighted by molar-refractivity contribution is -0.121. The monoisotopic (exact) mass is 233 g/mol. The Hall–Kier alpha value is -2.20. The van der Waals surface area contributed by atoms with Crippen LogP contribution in [0.2, 0.25) is 0 Å². The second-order valence-corrected chi connectivity index (χ2v) is 3.82. The summed E-state index contributed by atoms with van der Waals surface area (Å²) < 4.78 is 10.4. The molecule has 1 atom stereocenters. The lowest BCUT2D eigenvalue weighted by atomic mass is 10.0. The van der Waals surface area contributed by atoms with Crippen molar-refractivity contribution in [2.45, 2.75) is 13.3 Å². The minimum atomic E-state index is -0.454. The van der Waals surface area contributed by atoms with Gasteiger partial charge in [0.2, 0.25) is 12.7 Å². The van der Waals surface area contributed by atoms with Crippen LogP contribution in [0.3, 0.4) is 0 Å². The van der Waals surface area contributed by atoms with Gasteiger partial charge in [0.1, 0.15) is 0 Å². The normalized spacial score (nSPS) is 13.9. The van der Waals surface area contributed by atoms with E-state index in [0.29, 0.717) is 17.9 Å². The highest BCUT2D eigenvalue weighted by atomic mass is 16.7. The highest BCUT2D eigenvalue weighted by Gasteiger charge is 2.16. The van der Waals surface area contributed by atoms with E-state index in [2.05, 4.69) is 10.0 Å². The number of nitrogens with zero attached hydrogens (tertiary/aromatic N) is 3. The summed E-state index contributed by atoms with van der Waals surface area (Å²) >= 11 is 0. The number of ether oxygens (including phenoxy) is 2. The number of carbonyl (C=O) groups excluding carboxylic acids is 1. The Labute approximate surface area is 97.8 Å². The van der Waals surface area contributed by atoms with Gasteiger partial charge < -0.3 is 9.47 Å². The van der Waals surface area contributed by atoms with Crippen LogP contribution in [0.4, 0.5) is 0 Å². The third kappa shape index (κ3) is 2.49. The Morgan fingerprint density at radius 1 is 1.53 bits per heavy atom. The van der Waals surface area contributed by atoms with Crippen LogP contribution in [0.5, 0.6) is 11.5 Å². The largest absolute Gasteiger partial charge is 0.454 e. The summed E-state index contributed by atoms with van der Waals surface area (Å²) in [6.45, 7) is 1.95. The van der Waals surface area contributed by atoms with Gasteiger partial charge in [-0.3, -0.25) is 4.79 Å². The maximum Gasteiger partial charge on any atom is 0.231 e. The average Bonchev–Trinajstić information content (AvgIpc) is 2.76. The van der Waals surface area contributed by atoms with E-state index in [1.807, 2.05) is 18.2 Å². The van der Waals surface area contributed by atoms with Gasteiger partial charge in [-0.15, -0.1) is 0 Å². The molecule has 0 radical (unpaired) electrons. The SMILES string of the molecule is CC(Cc1ccc2c(c1)OCO2)C(=O)N=[N+]=[N-]. The molecule has 1 aliphatic heterocycles. The van der Waals surface area contributed by atoms with Gasteiger partial charge in [0.25, 0.3) is 0 Å².